The van der Waals surface area contributed by atoms with Gasteiger partial charge in [-0.3, -0.25) is 9.59 Å². The molecule has 0 rings (SSSR count). The van der Waals surface area contributed by atoms with Crippen LogP contribution in [-0.4, -0.2) is 33.3 Å². The molecule has 0 aromatic rings. The number of ether oxygens (including phenoxy) is 1. The zero-order valence-electron chi connectivity index (χ0n) is 14.0. The first kappa shape index (κ1) is 19.8. The first-order chi connectivity index (χ1) is 9.64. The van der Waals surface area contributed by atoms with Crippen LogP contribution in [0.2, 0.25) is 18.1 Å². The number of allylic oxidation sites excluding steroid dienone is 3. The Balaban J connectivity index is 4.95. The van der Waals surface area contributed by atoms with E-state index in [-0.39, 0.29) is 23.5 Å². The van der Waals surface area contributed by atoms with Crippen molar-refractivity contribution in [2.24, 2.45) is 0 Å². The lowest BCUT2D eigenvalue weighted by atomic mass is 10.2. The van der Waals surface area contributed by atoms with E-state index in [2.05, 4.69) is 33.9 Å². The van der Waals surface area contributed by atoms with Gasteiger partial charge in [0.2, 0.25) is 0 Å². The quantitative estimate of drug-likeness (QED) is 0.226. The van der Waals surface area contributed by atoms with Gasteiger partial charge < -0.3 is 9.16 Å². The van der Waals surface area contributed by atoms with Gasteiger partial charge in [-0.1, -0.05) is 39.0 Å². The number of carbonyl (C=O) groups is 2. The van der Waals surface area contributed by atoms with E-state index in [1.807, 2.05) is 0 Å². The predicted octanol–water partition coefficient (Wildman–Crippen LogP) is 3.64. The molecule has 0 aromatic heterocycles. The minimum absolute atomic E-state index is 0.0619. The lowest BCUT2D eigenvalue weighted by molar-refractivity contribution is -0.144. The van der Waals surface area contributed by atoms with Gasteiger partial charge in [-0.2, -0.15) is 0 Å². The summed E-state index contributed by atoms with van der Waals surface area (Å²) in [5.41, 5.74) is 0. The second kappa shape index (κ2) is 8.95. The van der Waals surface area contributed by atoms with Gasteiger partial charge in [-0.05, 0) is 31.1 Å². The fourth-order valence-corrected chi connectivity index (χ4v) is 2.66. The molecule has 0 aliphatic carbocycles. The molecule has 0 saturated carbocycles. The highest BCUT2D eigenvalue weighted by Gasteiger charge is 2.39. The molecule has 0 radical (unpaired) electrons. The maximum Gasteiger partial charge on any atom is 0.308 e. The fourth-order valence-electron chi connectivity index (χ4n) is 1.39. The summed E-state index contributed by atoms with van der Waals surface area (Å²) < 4.78 is 11.2. The van der Waals surface area contributed by atoms with E-state index in [9.17, 15) is 9.59 Å². The van der Waals surface area contributed by atoms with Gasteiger partial charge in [-0.15, -0.1) is 0 Å². The van der Waals surface area contributed by atoms with E-state index in [1.54, 1.807) is 25.2 Å². The van der Waals surface area contributed by atoms with Crippen LogP contribution in [0, 0.1) is 0 Å². The highest BCUT2D eigenvalue weighted by molar-refractivity contribution is 6.74. The number of aldehydes is 1. The SMILES string of the molecule is CCOC(=O)CC(/C=C/C=C/C=O)O[Si](C)(C)C(C)(C)C. The van der Waals surface area contributed by atoms with Gasteiger partial charge in [0, 0.05) is 0 Å². The highest BCUT2D eigenvalue weighted by Crippen LogP contribution is 2.37. The molecular formula is C16H28O4Si. The molecule has 120 valence electrons. The highest BCUT2D eigenvalue weighted by atomic mass is 28.4. The Morgan fingerprint density at radius 2 is 1.81 bits per heavy atom. The summed E-state index contributed by atoms with van der Waals surface area (Å²) in [6.07, 6.45) is 7.11. The monoisotopic (exact) mass is 312 g/mol. The number of esters is 1. The molecule has 0 saturated heterocycles. The Labute approximate surface area is 129 Å². The van der Waals surface area contributed by atoms with Gasteiger partial charge in [0.25, 0.3) is 0 Å². The van der Waals surface area contributed by atoms with Gasteiger partial charge in [0.1, 0.15) is 6.29 Å². The van der Waals surface area contributed by atoms with E-state index in [0.717, 1.165) is 0 Å². The molecular weight excluding hydrogens is 284 g/mol. The van der Waals surface area contributed by atoms with Gasteiger partial charge in [0.05, 0.1) is 19.1 Å². The normalized spacial score (nSPS) is 14.6. The van der Waals surface area contributed by atoms with E-state index < -0.39 is 8.32 Å². The largest absolute Gasteiger partial charge is 0.466 e. The van der Waals surface area contributed by atoms with Crippen molar-refractivity contribution in [1.82, 2.24) is 0 Å². The van der Waals surface area contributed by atoms with E-state index in [1.165, 1.54) is 6.08 Å². The molecule has 0 bridgehead atoms. The predicted molar refractivity (Wildman–Crippen MR) is 87.7 cm³/mol. The molecule has 0 amide bonds. The molecule has 0 heterocycles. The summed E-state index contributed by atoms with van der Waals surface area (Å²) in [7, 11) is -1.98. The number of rotatable bonds is 8. The Hall–Kier alpha value is -1.20. The van der Waals surface area contributed by atoms with E-state index in [0.29, 0.717) is 12.9 Å². The molecule has 0 spiro atoms. The summed E-state index contributed by atoms with van der Waals surface area (Å²) in [5.74, 6) is -0.273. The standard InChI is InChI=1S/C16H28O4Si/c1-7-19-15(18)13-14(11-9-8-10-12-17)20-21(5,6)16(2,3)4/h8-12,14H,7,13H2,1-6H3/b10-8+,11-9+. The van der Waals surface area contributed by atoms with Gasteiger partial charge >= 0.3 is 5.97 Å². The fraction of sp³-hybridized carbons (Fsp3) is 0.625. The summed E-state index contributed by atoms with van der Waals surface area (Å²) >= 11 is 0. The Bertz CT molecular complexity index is 392. The van der Waals surface area contributed by atoms with Crippen molar-refractivity contribution in [3.63, 3.8) is 0 Å². The molecule has 21 heavy (non-hydrogen) atoms. The zero-order valence-corrected chi connectivity index (χ0v) is 15.0. The Kier molecular flexibility index (Phi) is 8.43. The van der Waals surface area contributed by atoms with E-state index in [4.69, 9.17) is 9.16 Å². The molecule has 0 fully saturated rings. The lowest BCUT2D eigenvalue weighted by Gasteiger charge is -2.38. The molecule has 4 nitrogen and oxygen atoms in total. The summed E-state index contributed by atoms with van der Waals surface area (Å²) in [5, 5.41) is 0.0619. The third kappa shape index (κ3) is 7.97. The minimum atomic E-state index is -1.98. The first-order valence-corrected chi connectivity index (χ1v) is 10.2. The third-order valence-electron chi connectivity index (χ3n) is 3.55. The van der Waals surface area contributed by atoms with Crippen LogP contribution in [0.4, 0.5) is 0 Å². The van der Waals surface area contributed by atoms with Crippen molar-refractivity contribution in [1.29, 1.82) is 0 Å². The maximum atomic E-state index is 11.7. The minimum Gasteiger partial charge on any atom is -0.466 e. The zero-order chi connectivity index (χ0) is 16.5. The van der Waals surface area contributed by atoms with Crippen LogP contribution in [0.3, 0.4) is 0 Å². The van der Waals surface area contributed by atoms with Crippen LogP contribution in [0.1, 0.15) is 34.1 Å². The van der Waals surface area contributed by atoms with Crippen molar-refractivity contribution in [2.75, 3.05) is 6.61 Å². The average molecular weight is 312 g/mol. The molecule has 0 N–H and O–H groups in total. The smallest absolute Gasteiger partial charge is 0.308 e. The number of carbonyl (C=O) groups excluding carboxylic acids is 2. The maximum absolute atomic E-state index is 11.7. The van der Waals surface area contributed by atoms with Crippen LogP contribution in [-0.2, 0) is 18.8 Å². The van der Waals surface area contributed by atoms with Crippen LogP contribution in [0.5, 0.6) is 0 Å². The molecule has 1 unspecified atom stereocenters. The Morgan fingerprint density at radius 1 is 1.19 bits per heavy atom. The lowest BCUT2D eigenvalue weighted by Crippen LogP contribution is -2.44. The van der Waals surface area contributed by atoms with Crippen LogP contribution >= 0.6 is 0 Å². The average Bonchev–Trinajstić information content (AvgIpc) is 2.32. The van der Waals surface area contributed by atoms with E-state index >= 15 is 0 Å². The van der Waals surface area contributed by atoms with Gasteiger partial charge in [0.15, 0.2) is 8.32 Å². The van der Waals surface area contributed by atoms with Gasteiger partial charge in [-0.25, -0.2) is 0 Å². The van der Waals surface area contributed by atoms with Crippen LogP contribution in [0.25, 0.3) is 0 Å². The second-order valence-electron chi connectivity index (χ2n) is 6.33. The molecule has 0 aliphatic rings. The van der Waals surface area contributed by atoms with Crippen LogP contribution in [0.15, 0.2) is 24.3 Å². The second-order valence-corrected chi connectivity index (χ2v) is 11.1. The summed E-state index contributed by atoms with van der Waals surface area (Å²) in [6.45, 7) is 12.9. The topological polar surface area (TPSA) is 52.6 Å². The van der Waals surface area contributed by atoms with Crippen molar-refractivity contribution < 1.29 is 18.8 Å². The number of hydrogen-bond acceptors (Lipinski definition) is 4. The summed E-state index contributed by atoms with van der Waals surface area (Å²) in [6, 6.07) is 0. The Morgan fingerprint density at radius 3 is 2.29 bits per heavy atom. The molecule has 0 aliphatic heterocycles. The van der Waals surface area contributed by atoms with Crippen molar-refractivity contribution in [3.05, 3.63) is 24.3 Å². The molecule has 5 heteroatoms. The van der Waals surface area contributed by atoms with Crippen molar-refractivity contribution in [2.45, 2.75) is 58.4 Å². The summed E-state index contributed by atoms with van der Waals surface area (Å²) in [4.78, 5) is 21.9. The van der Waals surface area contributed by atoms with Crippen LogP contribution < -0.4 is 0 Å². The third-order valence-corrected chi connectivity index (χ3v) is 8.06. The van der Waals surface area contributed by atoms with Crippen molar-refractivity contribution in [3.8, 4) is 0 Å². The first-order valence-electron chi connectivity index (χ1n) is 7.26. The van der Waals surface area contributed by atoms with Crippen molar-refractivity contribution >= 4 is 20.6 Å². The molecule has 1 atom stereocenters. The molecule has 0 aromatic carbocycles. The number of hydrogen-bond donors (Lipinski definition) is 0.